The molecule has 8 nitrogen and oxygen atoms in total. The number of anilines is 1. The Labute approximate surface area is 162 Å². The van der Waals surface area contributed by atoms with Gasteiger partial charge in [0.2, 0.25) is 0 Å². The molecule has 1 aliphatic rings. The van der Waals surface area contributed by atoms with Crippen LogP contribution >= 0.6 is 0 Å². The molecule has 1 saturated heterocycles. The first-order chi connectivity index (χ1) is 13.5. The van der Waals surface area contributed by atoms with Gasteiger partial charge in [-0.25, -0.2) is 4.68 Å². The van der Waals surface area contributed by atoms with Gasteiger partial charge in [0.05, 0.1) is 35.5 Å². The lowest BCUT2D eigenvalue weighted by Crippen LogP contribution is -2.39. The summed E-state index contributed by atoms with van der Waals surface area (Å²) in [6.45, 7) is 5.10. The second kappa shape index (κ2) is 7.10. The van der Waals surface area contributed by atoms with Crippen LogP contribution in [0, 0.1) is 19.8 Å². The van der Waals surface area contributed by atoms with Crippen molar-refractivity contribution in [1.29, 1.82) is 0 Å². The minimum atomic E-state index is -0.765. The summed E-state index contributed by atoms with van der Waals surface area (Å²) >= 11 is 0. The topological polar surface area (TPSA) is 93.4 Å². The molecule has 8 heteroatoms. The summed E-state index contributed by atoms with van der Waals surface area (Å²) in [6.07, 6.45) is 1.50. The maximum atomic E-state index is 11.5. The van der Waals surface area contributed by atoms with E-state index in [9.17, 15) is 9.90 Å². The lowest BCUT2D eigenvalue weighted by Gasteiger charge is -2.31. The molecule has 1 aromatic carbocycles. The molecule has 0 spiro atoms. The largest absolute Gasteiger partial charge is 0.497 e. The molecule has 3 aromatic rings. The van der Waals surface area contributed by atoms with Gasteiger partial charge in [0, 0.05) is 19.2 Å². The lowest BCUT2D eigenvalue weighted by molar-refractivity contribution is -0.141. The Balaban J connectivity index is 1.83. The van der Waals surface area contributed by atoms with Crippen LogP contribution in [-0.4, -0.2) is 51.3 Å². The molecule has 4 rings (SSSR count). The number of carboxylic acid groups (broad SMARTS) is 1. The van der Waals surface area contributed by atoms with E-state index >= 15 is 0 Å². The van der Waals surface area contributed by atoms with Crippen LogP contribution in [0.2, 0.25) is 0 Å². The van der Waals surface area contributed by atoms with Crippen LogP contribution in [0.3, 0.4) is 0 Å². The fourth-order valence-corrected chi connectivity index (χ4v) is 3.89. The molecule has 3 heterocycles. The predicted molar refractivity (Wildman–Crippen MR) is 105 cm³/mol. The normalized spacial score (nSPS) is 17.1. The SMILES string of the molecule is COc1cccc(-n2nc3c(N4CCCC(C(=O)O)C4)nnc(C)c3c2C)c1. The van der Waals surface area contributed by atoms with Crippen LogP contribution < -0.4 is 9.64 Å². The van der Waals surface area contributed by atoms with Crippen LogP contribution in [0.1, 0.15) is 24.2 Å². The minimum Gasteiger partial charge on any atom is -0.497 e. The third kappa shape index (κ3) is 3.04. The van der Waals surface area contributed by atoms with Crippen molar-refractivity contribution in [2.24, 2.45) is 5.92 Å². The molecule has 1 atom stereocenters. The van der Waals surface area contributed by atoms with Crippen molar-refractivity contribution in [3.8, 4) is 11.4 Å². The first-order valence-electron chi connectivity index (χ1n) is 9.34. The molecule has 0 radical (unpaired) electrons. The van der Waals surface area contributed by atoms with Crippen LogP contribution in [0.4, 0.5) is 5.82 Å². The summed E-state index contributed by atoms with van der Waals surface area (Å²) in [5.74, 6) is 0.244. The molecule has 146 valence electrons. The number of nitrogens with zero attached hydrogens (tertiary/aromatic N) is 5. The zero-order valence-electron chi connectivity index (χ0n) is 16.2. The standard InChI is InChI=1S/C20H23N5O3/c1-12-17-13(2)25(15-7-4-8-16(10-15)28-3)23-18(17)19(22-21-12)24-9-5-6-14(11-24)20(26)27/h4,7-8,10,14H,5-6,9,11H2,1-3H3,(H,26,27). The van der Waals surface area contributed by atoms with E-state index in [1.807, 2.05) is 47.7 Å². The zero-order valence-corrected chi connectivity index (χ0v) is 16.2. The third-order valence-corrected chi connectivity index (χ3v) is 5.35. The second-order valence-corrected chi connectivity index (χ2v) is 7.15. The number of hydrogen-bond donors (Lipinski definition) is 1. The Morgan fingerprint density at radius 1 is 1.29 bits per heavy atom. The summed E-state index contributed by atoms with van der Waals surface area (Å²) in [5.41, 5.74) is 3.40. The summed E-state index contributed by atoms with van der Waals surface area (Å²) in [6, 6.07) is 7.71. The highest BCUT2D eigenvalue weighted by atomic mass is 16.5. The number of fused-ring (bicyclic) bond motifs is 1. The van der Waals surface area contributed by atoms with Crippen molar-refractivity contribution in [3.05, 3.63) is 35.7 Å². The maximum absolute atomic E-state index is 11.5. The molecular weight excluding hydrogens is 358 g/mol. The van der Waals surface area contributed by atoms with E-state index < -0.39 is 11.9 Å². The molecule has 0 aliphatic carbocycles. The van der Waals surface area contributed by atoms with Gasteiger partial charge in [-0.05, 0) is 38.8 Å². The molecular formula is C20H23N5O3. The first-order valence-corrected chi connectivity index (χ1v) is 9.34. The predicted octanol–water partition coefficient (Wildman–Crippen LogP) is 2.74. The number of aryl methyl sites for hydroxylation is 2. The monoisotopic (exact) mass is 381 g/mol. The van der Waals surface area contributed by atoms with Gasteiger partial charge in [-0.3, -0.25) is 4.79 Å². The maximum Gasteiger partial charge on any atom is 0.308 e. The number of methoxy groups -OCH3 is 1. The van der Waals surface area contributed by atoms with Crippen molar-refractivity contribution < 1.29 is 14.6 Å². The number of aliphatic carboxylic acids is 1. The molecule has 1 aliphatic heterocycles. The van der Waals surface area contributed by atoms with E-state index in [2.05, 4.69) is 10.2 Å². The molecule has 1 fully saturated rings. The van der Waals surface area contributed by atoms with Crippen molar-refractivity contribution in [1.82, 2.24) is 20.0 Å². The summed E-state index contributed by atoms with van der Waals surface area (Å²) in [4.78, 5) is 13.5. The van der Waals surface area contributed by atoms with Gasteiger partial charge >= 0.3 is 5.97 Å². The molecule has 28 heavy (non-hydrogen) atoms. The summed E-state index contributed by atoms with van der Waals surface area (Å²) in [5, 5.41) is 23.9. The molecule has 1 N–H and O–H groups in total. The first kappa shape index (κ1) is 18.2. The van der Waals surface area contributed by atoms with E-state index in [-0.39, 0.29) is 0 Å². The van der Waals surface area contributed by atoms with Crippen LogP contribution in [0.25, 0.3) is 16.6 Å². The highest BCUT2D eigenvalue weighted by Crippen LogP contribution is 2.32. The number of carbonyl (C=O) groups is 1. The smallest absolute Gasteiger partial charge is 0.308 e. The number of benzene rings is 1. The van der Waals surface area contributed by atoms with Crippen molar-refractivity contribution >= 4 is 22.7 Å². The van der Waals surface area contributed by atoms with Crippen LogP contribution in [0.5, 0.6) is 5.75 Å². The summed E-state index contributed by atoms with van der Waals surface area (Å²) < 4.78 is 7.20. The number of rotatable bonds is 4. The van der Waals surface area contributed by atoms with E-state index in [4.69, 9.17) is 9.84 Å². The highest BCUT2D eigenvalue weighted by molar-refractivity contribution is 5.92. The van der Waals surface area contributed by atoms with E-state index in [0.29, 0.717) is 18.8 Å². The van der Waals surface area contributed by atoms with E-state index in [0.717, 1.165) is 46.7 Å². The Bertz CT molecular complexity index is 1050. The van der Waals surface area contributed by atoms with Gasteiger partial charge in [0.15, 0.2) is 5.82 Å². The van der Waals surface area contributed by atoms with Crippen molar-refractivity contribution in [3.63, 3.8) is 0 Å². The fraction of sp³-hybridized carbons (Fsp3) is 0.400. The molecule has 2 aromatic heterocycles. The number of aromatic nitrogens is 4. The molecule has 0 bridgehead atoms. The van der Waals surface area contributed by atoms with Gasteiger partial charge < -0.3 is 14.7 Å². The molecule has 0 amide bonds. The third-order valence-electron chi connectivity index (χ3n) is 5.35. The fourth-order valence-electron chi connectivity index (χ4n) is 3.89. The van der Waals surface area contributed by atoms with E-state index in [1.54, 1.807) is 7.11 Å². The minimum absolute atomic E-state index is 0.395. The quantitative estimate of drug-likeness (QED) is 0.743. The van der Waals surface area contributed by atoms with Gasteiger partial charge in [0.25, 0.3) is 0 Å². The Morgan fingerprint density at radius 2 is 2.11 bits per heavy atom. The highest BCUT2D eigenvalue weighted by Gasteiger charge is 2.29. The molecule has 0 saturated carbocycles. The zero-order chi connectivity index (χ0) is 19.8. The van der Waals surface area contributed by atoms with Gasteiger partial charge in [-0.2, -0.15) is 10.2 Å². The van der Waals surface area contributed by atoms with Gasteiger partial charge in [-0.15, -0.1) is 5.10 Å². The van der Waals surface area contributed by atoms with Crippen molar-refractivity contribution in [2.75, 3.05) is 25.1 Å². The Morgan fingerprint density at radius 3 is 2.86 bits per heavy atom. The van der Waals surface area contributed by atoms with Crippen LogP contribution in [0.15, 0.2) is 24.3 Å². The summed E-state index contributed by atoms with van der Waals surface area (Å²) in [7, 11) is 1.64. The second-order valence-electron chi connectivity index (χ2n) is 7.15. The van der Waals surface area contributed by atoms with Crippen molar-refractivity contribution in [2.45, 2.75) is 26.7 Å². The molecule has 1 unspecified atom stereocenters. The number of carboxylic acids is 1. The Hall–Kier alpha value is -3.16. The number of ether oxygens (including phenoxy) is 1. The Kier molecular flexibility index (Phi) is 4.62. The van der Waals surface area contributed by atoms with Crippen LogP contribution in [-0.2, 0) is 4.79 Å². The number of piperidine rings is 1. The number of hydrogen-bond acceptors (Lipinski definition) is 6. The average Bonchev–Trinajstić information content (AvgIpc) is 3.06. The lowest BCUT2D eigenvalue weighted by atomic mass is 9.98. The van der Waals surface area contributed by atoms with E-state index in [1.165, 1.54) is 0 Å². The van der Waals surface area contributed by atoms with Gasteiger partial charge in [0.1, 0.15) is 11.3 Å². The van der Waals surface area contributed by atoms with Gasteiger partial charge in [-0.1, -0.05) is 6.07 Å². The average molecular weight is 381 g/mol.